The van der Waals surface area contributed by atoms with Gasteiger partial charge in [0.2, 0.25) is 0 Å². The van der Waals surface area contributed by atoms with Crippen molar-refractivity contribution in [2.24, 2.45) is 0 Å². The van der Waals surface area contributed by atoms with Crippen molar-refractivity contribution in [3.8, 4) is 0 Å². The Morgan fingerprint density at radius 2 is 2.16 bits per heavy atom. The standard InChI is InChI=1S/C13H17BrClNO3/c1-18-7-8-19-6-2-5-16-13(17)11-9-10(14)3-4-12(11)15/h3-4,9H,2,5-8H2,1H3,(H,16,17). The Morgan fingerprint density at radius 3 is 2.89 bits per heavy atom. The first kappa shape index (κ1) is 16.4. The summed E-state index contributed by atoms with van der Waals surface area (Å²) >= 11 is 9.28. The number of amides is 1. The number of hydrogen-bond acceptors (Lipinski definition) is 3. The van der Waals surface area contributed by atoms with Crippen molar-refractivity contribution >= 4 is 33.4 Å². The number of methoxy groups -OCH3 is 1. The lowest BCUT2D eigenvalue weighted by molar-refractivity contribution is 0.0688. The van der Waals surface area contributed by atoms with Crippen LogP contribution in [0.2, 0.25) is 5.02 Å². The Morgan fingerprint density at radius 1 is 1.37 bits per heavy atom. The van der Waals surface area contributed by atoms with E-state index in [1.54, 1.807) is 25.3 Å². The summed E-state index contributed by atoms with van der Waals surface area (Å²) in [5, 5.41) is 3.24. The molecule has 0 radical (unpaired) electrons. The molecule has 106 valence electrons. The first-order chi connectivity index (χ1) is 9.15. The van der Waals surface area contributed by atoms with Gasteiger partial charge in [-0.2, -0.15) is 0 Å². The van der Waals surface area contributed by atoms with E-state index in [2.05, 4.69) is 21.2 Å². The fourth-order valence-electron chi connectivity index (χ4n) is 1.39. The van der Waals surface area contributed by atoms with Gasteiger partial charge in [-0.05, 0) is 24.6 Å². The third-order valence-electron chi connectivity index (χ3n) is 2.36. The smallest absolute Gasteiger partial charge is 0.252 e. The van der Waals surface area contributed by atoms with Gasteiger partial charge in [0.05, 0.1) is 23.8 Å². The second-order valence-electron chi connectivity index (χ2n) is 3.84. The zero-order valence-corrected chi connectivity index (χ0v) is 13.1. The monoisotopic (exact) mass is 349 g/mol. The minimum atomic E-state index is -0.178. The number of rotatable bonds is 8. The van der Waals surface area contributed by atoms with E-state index in [9.17, 15) is 4.79 Å². The second-order valence-corrected chi connectivity index (χ2v) is 5.16. The van der Waals surface area contributed by atoms with Gasteiger partial charge in [-0.15, -0.1) is 0 Å². The van der Waals surface area contributed by atoms with Crippen molar-refractivity contribution in [2.45, 2.75) is 6.42 Å². The van der Waals surface area contributed by atoms with E-state index in [-0.39, 0.29) is 5.91 Å². The highest BCUT2D eigenvalue weighted by atomic mass is 79.9. The van der Waals surface area contributed by atoms with Gasteiger partial charge in [-0.25, -0.2) is 0 Å². The summed E-state index contributed by atoms with van der Waals surface area (Å²) in [7, 11) is 1.63. The maximum Gasteiger partial charge on any atom is 0.252 e. The van der Waals surface area contributed by atoms with Crippen molar-refractivity contribution in [2.75, 3.05) is 33.5 Å². The molecule has 1 amide bonds. The molecule has 0 aliphatic rings. The van der Waals surface area contributed by atoms with Gasteiger partial charge < -0.3 is 14.8 Å². The molecular formula is C13H17BrClNO3. The van der Waals surface area contributed by atoms with Crippen LogP contribution in [0.5, 0.6) is 0 Å². The zero-order valence-electron chi connectivity index (χ0n) is 10.7. The molecule has 0 saturated carbocycles. The van der Waals surface area contributed by atoms with Crippen LogP contribution in [0.1, 0.15) is 16.8 Å². The average molecular weight is 351 g/mol. The predicted octanol–water partition coefficient (Wildman–Crippen LogP) is 2.89. The molecule has 19 heavy (non-hydrogen) atoms. The Labute approximate surface area is 126 Å². The number of ether oxygens (including phenoxy) is 2. The van der Waals surface area contributed by atoms with Crippen LogP contribution in [-0.2, 0) is 9.47 Å². The lowest BCUT2D eigenvalue weighted by Gasteiger charge is -2.07. The van der Waals surface area contributed by atoms with Gasteiger partial charge in [-0.1, -0.05) is 27.5 Å². The minimum absolute atomic E-state index is 0.178. The summed E-state index contributed by atoms with van der Waals surface area (Å²) < 4.78 is 11.0. The van der Waals surface area contributed by atoms with E-state index in [0.717, 1.165) is 10.9 Å². The molecule has 0 atom stereocenters. The van der Waals surface area contributed by atoms with Crippen LogP contribution in [0, 0.1) is 0 Å². The normalized spacial score (nSPS) is 10.5. The second kappa shape index (κ2) is 9.31. The van der Waals surface area contributed by atoms with E-state index < -0.39 is 0 Å². The molecule has 1 N–H and O–H groups in total. The maximum atomic E-state index is 11.9. The van der Waals surface area contributed by atoms with Crippen molar-refractivity contribution in [3.63, 3.8) is 0 Å². The fraction of sp³-hybridized carbons (Fsp3) is 0.462. The topological polar surface area (TPSA) is 47.6 Å². The summed E-state index contributed by atoms with van der Waals surface area (Å²) in [6.45, 7) is 2.30. The fourth-order valence-corrected chi connectivity index (χ4v) is 1.95. The van der Waals surface area contributed by atoms with Crippen LogP contribution in [0.15, 0.2) is 22.7 Å². The molecule has 1 aromatic carbocycles. The van der Waals surface area contributed by atoms with Crippen molar-refractivity contribution in [1.29, 1.82) is 0 Å². The maximum absolute atomic E-state index is 11.9. The SMILES string of the molecule is COCCOCCCNC(=O)c1cc(Br)ccc1Cl. The number of benzene rings is 1. The van der Waals surface area contributed by atoms with E-state index >= 15 is 0 Å². The van der Waals surface area contributed by atoms with Gasteiger partial charge >= 0.3 is 0 Å². The van der Waals surface area contributed by atoms with Crippen LogP contribution in [0.25, 0.3) is 0 Å². The number of hydrogen-bond donors (Lipinski definition) is 1. The summed E-state index contributed by atoms with van der Waals surface area (Å²) in [6, 6.07) is 5.18. The quantitative estimate of drug-likeness (QED) is 0.733. The Hall–Kier alpha value is -0.620. The Kier molecular flexibility index (Phi) is 8.05. The highest BCUT2D eigenvalue weighted by Crippen LogP contribution is 2.20. The van der Waals surface area contributed by atoms with Crippen molar-refractivity contribution in [3.05, 3.63) is 33.3 Å². The molecule has 1 rings (SSSR count). The summed E-state index contributed by atoms with van der Waals surface area (Å²) in [5.74, 6) is -0.178. The van der Waals surface area contributed by atoms with E-state index in [1.165, 1.54) is 0 Å². The molecule has 0 bridgehead atoms. The van der Waals surface area contributed by atoms with Crippen LogP contribution < -0.4 is 5.32 Å². The largest absolute Gasteiger partial charge is 0.382 e. The molecule has 0 aliphatic heterocycles. The first-order valence-electron chi connectivity index (χ1n) is 5.95. The number of halogens is 2. The summed E-state index contributed by atoms with van der Waals surface area (Å²) in [5.41, 5.74) is 0.469. The van der Waals surface area contributed by atoms with E-state index in [4.69, 9.17) is 21.1 Å². The lowest BCUT2D eigenvalue weighted by atomic mass is 10.2. The zero-order chi connectivity index (χ0) is 14.1. The molecule has 6 heteroatoms. The van der Waals surface area contributed by atoms with Crippen LogP contribution >= 0.6 is 27.5 Å². The highest BCUT2D eigenvalue weighted by molar-refractivity contribution is 9.10. The number of nitrogens with one attached hydrogen (secondary N) is 1. The molecule has 4 nitrogen and oxygen atoms in total. The molecule has 0 fully saturated rings. The Balaban J connectivity index is 2.26. The number of carbonyl (C=O) groups is 1. The lowest BCUT2D eigenvalue weighted by Crippen LogP contribution is -2.25. The van der Waals surface area contributed by atoms with Crippen LogP contribution in [0.4, 0.5) is 0 Å². The Bertz CT molecular complexity index is 415. The third-order valence-corrected chi connectivity index (χ3v) is 3.18. The third kappa shape index (κ3) is 6.38. The average Bonchev–Trinajstić information content (AvgIpc) is 2.40. The molecular weight excluding hydrogens is 334 g/mol. The molecule has 0 spiro atoms. The highest BCUT2D eigenvalue weighted by Gasteiger charge is 2.09. The van der Waals surface area contributed by atoms with E-state index in [0.29, 0.717) is 37.0 Å². The van der Waals surface area contributed by atoms with Gasteiger partial charge in [0, 0.05) is 24.7 Å². The first-order valence-corrected chi connectivity index (χ1v) is 7.12. The molecule has 0 aromatic heterocycles. The molecule has 0 aliphatic carbocycles. The van der Waals surface area contributed by atoms with Gasteiger partial charge in [0.1, 0.15) is 0 Å². The predicted molar refractivity (Wildman–Crippen MR) is 78.8 cm³/mol. The summed E-state index contributed by atoms with van der Waals surface area (Å²) in [4.78, 5) is 11.9. The molecule has 1 aromatic rings. The van der Waals surface area contributed by atoms with E-state index in [1.807, 2.05) is 0 Å². The van der Waals surface area contributed by atoms with Gasteiger partial charge in [0.25, 0.3) is 5.91 Å². The molecule has 0 heterocycles. The van der Waals surface area contributed by atoms with Gasteiger partial charge in [0.15, 0.2) is 0 Å². The summed E-state index contributed by atoms with van der Waals surface area (Å²) in [6.07, 6.45) is 0.751. The van der Waals surface area contributed by atoms with Gasteiger partial charge in [-0.3, -0.25) is 4.79 Å². The molecule has 0 unspecified atom stereocenters. The minimum Gasteiger partial charge on any atom is -0.382 e. The van der Waals surface area contributed by atoms with Crippen LogP contribution in [-0.4, -0.2) is 39.4 Å². The van der Waals surface area contributed by atoms with Crippen LogP contribution in [0.3, 0.4) is 0 Å². The van der Waals surface area contributed by atoms with Crippen molar-refractivity contribution in [1.82, 2.24) is 5.32 Å². The van der Waals surface area contributed by atoms with Crippen molar-refractivity contribution < 1.29 is 14.3 Å². The number of carbonyl (C=O) groups excluding carboxylic acids is 1. The molecule has 0 saturated heterocycles.